The van der Waals surface area contributed by atoms with Gasteiger partial charge < -0.3 is 4.57 Å². The van der Waals surface area contributed by atoms with E-state index in [1.54, 1.807) is 0 Å². The van der Waals surface area contributed by atoms with Crippen molar-refractivity contribution >= 4 is 72.7 Å². The van der Waals surface area contributed by atoms with E-state index in [9.17, 15) is 0 Å². The van der Waals surface area contributed by atoms with Crippen LogP contribution in [0.25, 0.3) is 69.0 Å². The second-order valence-electron chi connectivity index (χ2n) is 13.0. The van der Waals surface area contributed by atoms with E-state index in [0.717, 1.165) is 17.1 Å². The molecule has 0 aliphatic heterocycles. The van der Waals surface area contributed by atoms with Gasteiger partial charge in [0.2, 0.25) is 0 Å². The Labute approximate surface area is 302 Å². The van der Waals surface area contributed by atoms with Gasteiger partial charge in [0.15, 0.2) is 0 Å². The zero-order valence-electron chi connectivity index (χ0n) is 27.8. The van der Waals surface area contributed by atoms with Gasteiger partial charge in [-0.2, -0.15) is 0 Å². The molecule has 0 saturated carbocycles. The average Bonchev–Trinajstić information content (AvgIpc) is 3.74. The summed E-state index contributed by atoms with van der Waals surface area (Å²) in [5.41, 5.74) is 11.9. The average molecular weight is 716 g/mol. The van der Waals surface area contributed by atoms with E-state index >= 15 is 0 Å². The fourth-order valence-electron chi connectivity index (χ4n) is 7.62. The zero-order chi connectivity index (χ0) is 33.7. The van der Waals surface area contributed by atoms with Gasteiger partial charge in [-0.1, -0.05) is 36.4 Å². The topological polar surface area (TPSA) is 8.17 Å². The molecule has 0 N–H and O–H groups in total. The summed E-state index contributed by atoms with van der Waals surface area (Å²) >= 11 is 0.327. The summed E-state index contributed by atoms with van der Waals surface area (Å²) < 4.78 is 5.28. The minimum absolute atomic E-state index is 0.327. The number of aromatic nitrogens is 1. The minimum atomic E-state index is 0.327. The van der Waals surface area contributed by atoms with Gasteiger partial charge in [0.25, 0.3) is 0 Å². The summed E-state index contributed by atoms with van der Waals surface area (Å²) in [6, 6.07) is 70.8. The van der Waals surface area contributed by atoms with Crippen molar-refractivity contribution in [2.45, 2.75) is 0 Å². The molecule has 0 saturated heterocycles. The summed E-state index contributed by atoms with van der Waals surface area (Å²) in [6.45, 7) is 0. The van der Waals surface area contributed by atoms with E-state index in [1.807, 2.05) is 0 Å². The Morgan fingerprint density at radius 3 is 1.84 bits per heavy atom. The second kappa shape index (κ2) is 12.3. The first-order chi connectivity index (χ1) is 25.3. The molecule has 2 nitrogen and oxygen atoms in total. The molecule has 3 heteroatoms. The normalized spacial score (nSPS) is 11.5. The number of nitrogens with zero attached hydrogens (tertiary/aromatic N) is 2. The fraction of sp³-hybridized carbons (Fsp3) is 0. The predicted molar refractivity (Wildman–Crippen MR) is 218 cm³/mol. The SMILES string of the molecule is c1ccc(-c2ccccc2N(c2ccc(-c3ccc4c(c3)c3ccccc3n4-c3ccccc3)cc2)c2ccc3[se]c4ccccc4c3c2)cc1. The molecule has 0 aliphatic rings. The van der Waals surface area contributed by atoms with Crippen molar-refractivity contribution in [2.75, 3.05) is 4.90 Å². The Hall–Kier alpha value is -6.12. The van der Waals surface area contributed by atoms with Crippen molar-refractivity contribution in [3.63, 3.8) is 0 Å². The number of hydrogen-bond acceptors (Lipinski definition) is 1. The molecule has 0 radical (unpaired) electrons. The third-order valence-electron chi connectivity index (χ3n) is 9.99. The van der Waals surface area contributed by atoms with Gasteiger partial charge in [0.1, 0.15) is 0 Å². The summed E-state index contributed by atoms with van der Waals surface area (Å²) in [6.07, 6.45) is 0. The predicted octanol–water partition coefficient (Wildman–Crippen LogP) is 13.0. The van der Waals surface area contributed by atoms with E-state index in [4.69, 9.17) is 0 Å². The van der Waals surface area contributed by atoms with Gasteiger partial charge in [-0.25, -0.2) is 0 Å². The number of hydrogen-bond donors (Lipinski definition) is 0. The molecule has 0 fully saturated rings. The Balaban J connectivity index is 1.12. The van der Waals surface area contributed by atoms with Crippen molar-refractivity contribution in [2.24, 2.45) is 0 Å². The summed E-state index contributed by atoms with van der Waals surface area (Å²) in [5.74, 6) is 0. The van der Waals surface area contributed by atoms with Gasteiger partial charge in [-0.15, -0.1) is 0 Å². The van der Waals surface area contributed by atoms with E-state index in [0.29, 0.717) is 14.5 Å². The molecule has 240 valence electrons. The molecular weight excluding hydrogens is 684 g/mol. The first-order valence-corrected chi connectivity index (χ1v) is 19.1. The molecular formula is C48H32N2Se. The standard InChI is InChI=1S/C48H32N2Se/c1-3-13-34(14-4-1)39-17-7-10-20-44(39)49(38-28-30-48-43(32-38)41-19-9-12-22-47(41)51-48)37-26-23-33(24-27-37)35-25-29-46-42(31-35)40-18-8-11-21-45(40)50(46)36-15-5-2-6-16-36/h1-32H. The Morgan fingerprint density at radius 2 is 1.00 bits per heavy atom. The van der Waals surface area contributed by atoms with E-state index in [-0.39, 0.29) is 0 Å². The third kappa shape index (κ3) is 5.10. The molecule has 0 aliphatic carbocycles. The molecule has 0 atom stereocenters. The van der Waals surface area contributed by atoms with Crippen LogP contribution in [0.5, 0.6) is 0 Å². The van der Waals surface area contributed by atoms with Crippen LogP contribution in [-0.4, -0.2) is 19.1 Å². The third-order valence-corrected chi connectivity index (χ3v) is 12.4. The molecule has 10 rings (SSSR count). The van der Waals surface area contributed by atoms with Crippen molar-refractivity contribution < 1.29 is 0 Å². The molecule has 0 spiro atoms. The molecule has 2 heterocycles. The molecule has 10 aromatic rings. The molecule has 2 aromatic heterocycles. The Kier molecular flexibility index (Phi) is 7.20. The fourth-order valence-corrected chi connectivity index (χ4v) is 9.90. The number of anilines is 3. The van der Waals surface area contributed by atoms with Crippen molar-refractivity contribution in [3.8, 4) is 27.9 Å². The van der Waals surface area contributed by atoms with Crippen molar-refractivity contribution in [1.29, 1.82) is 0 Å². The van der Waals surface area contributed by atoms with Crippen molar-refractivity contribution in [1.82, 2.24) is 4.57 Å². The number of rotatable bonds is 6. The monoisotopic (exact) mass is 716 g/mol. The maximum absolute atomic E-state index is 2.43. The van der Waals surface area contributed by atoms with E-state index < -0.39 is 0 Å². The van der Waals surface area contributed by atoms with Crippen LogP contribution in [0, 0.1) is 0 Å². The van der Waals surface area contributed by atoms with Gasteiger partial charge in [0, 0.05) is 11.1 Å². The van der Waals surface area contributed by atoms with Crippen LogP contribution in [0.1, 0.15) is 0 Å². The molecule has 0 bridgehead atoms. The molecule has 8 aromatic carbocycles. The molecule has 0 unspecified atom stereocenters. The van der Waals surface area contributed by atoms with Crippen LogP contribution in [0.4, 0.5) is 17.1 Å². The van der Waals surface area contributed by atoms with Crippen molar-refractivity contribution in [3.05, 3.63) is 194 Å². The van der Waals surface area contributed by atoms with Crippen LogP contribution in [-0.2, 0) is 0 Å². The molecule has 0 amide bonds. The molecule has 51 heavy (non-hydrogen) atoms. The van der Waals surface area contributed by atoms with Crippen LogP contribution >= 0.6 is 0 Å². The summed E-state index contributed by atoms with van der Waals surface area (Å²) in [4.78, 5) is 2.43. The van der Waals surface area contributed by atoms with Gasteiger partial charge in [-0.3, -0.25) is 0 Å². The summed E-state index contributed by atoms with van der Waals surface area (Å²) in [7, 11) is 0. The first kappa shape index (κ1) is 29.8. The summed E-state index contributed by atoms with van der Waals surface area (Å²) in [5, 5.41) is 5.24. The van der Waals surface area contributed by atoms with Crippen LogP contribution in [0.15, 0.2) is 194 Å². The first-order valence-electron chi connectivity index (χ1n) is 17.4. The Bertz CT molecular complexity index is 2850. The van der Waals surface area contributed by atoms with Crippen LogP contribution in [0.2, 0.25) is 0 Å². The van der Waals surface area contributed by atoms with E-state index in [1.165, 1.54) is 69.0 Å². The van der Waals surface area contributed by atoms with Gasteiger partial charge in [0.05, 0.1) is 11.0 Å². The number of benzene rings is 8. The number of para-hydroxylation sites is 3. The van der Waals surface area contributed by atoms with Crippen LogP contribution < -0.4 is 4.90 Å². The van der Waals surface area contributed by atoms with Crippen LogP contribution in [0.3, 0.4) is 0 Å². The maximum atomic E-state index is 2.43. The number of fused-ring (bicyclic) bond motifs is 6. The quantitative estimate of drug-likeness (QED) is 0.156. The Morgan fingerprint density at radius 1 is 0.373 bits per heavy atom. The zero-order valence-corrected chi connectivity index (χ0v) is 29.5. The second-order valence-corrected chi connectivity index (χ2v) is 15.2. The van der Waals surface area contributed by atoms with Gasteiger partial charge >= 0.3 is 223 Å². The van der Waals surface area contributed by atoms with E-state index in [2.05, 4.69) is 204 Å². The van der Waals surface area contributed by atoms with Gasteiger partial charge in [-0.05, 0) is 18.2 Å².